The maximum absolute atomic E-state index is 12.0. The molecule has 2 aromatic carbocycles. The Bertz CT molecular complexity index is 654. The van der Waals surface area contributed by atoms with Gasteiger partial charge in [-0.2, -0.15) is 0 Å². The second-order valence-corrected chi connectivity index (χ2v) is 5.41. The SMILES string of the molecule is COc1ccc2cc(CNC(=O)[C@@H]3CCCN3)ccc2c1.Cl. The van der Waals surface area contributed by atoms with Crippen LogP contribution in [0.15, 0.2) is 36.4 Å². The molecule has 22 heavy (non-hydrogen) atoms. The molecular formula is C17H21ClN2O2. The predicted molar refractivity (Wildman–Crippen MR) is 90.6 cm³/mol. The van der Waals surface area contributed by atoms with E-state index in [1.807, 2.05) is 24.3 Å². The third-order valence-electron chi connectivity index (χ3n) is 3.96. The zero-order valence-electron chi connectivity index (χ0n) is 12.6. The van der Waals surface area contributed by atoms with E-state index in [2.05, 4.69) is 22.8 Å². The van der Waals surface area contributed by atoms with Crippen molar-refractivity contribution in [2.24, 2.45) is 0 Å². The summed E-state index contributed by atoms with van der Waals surface area (Å²) in [5.74, 6) is 0.957. The maximum Gasteiger partial charge on any atom is 0.237 e. The zero-order chi connectivity index (χ0) is 14.7. The van der Waals surface area contributed by atoms with Gasteiger partial charge in [-0.1, -0.05) is 18.2 Å². The molecule has 0 unspecified atom stereocenters. The predicted octanol–water partition coefficient (Wildman–Crippen LogP) is 2.64. The molecule has 1 saturated heterocycles. The van der Waals surface area contributed by atoms with E-state index in [1.165, 1.54) is 0 Å². The van der Waals surface area contributed by atoms with Crippen molar-refractivity contribution >= 4 is 29.1 Å². The van der Waals surface area contributed by atoms with E-state index in [-0.39, 0.29) is 24.4 Å². The van der Waals surface area contributed by atoms with Gasteiger partial charge in [0.15, 0.2) is 0 Å². The number of hydrogen-bond donors (Lipinski definition) is 2. The van der Waals surface area contributed by atoms with E-state index in [9.17, 15) is 4.79 Å². The molecule has 0 aromatic heterocycles. The normalized spacial score (nSPS) is 17.0. The van der Waals surface area contributed by atoms with Crippen molar-refractivity contribution in [2.75, 3.05) is 13.7 Å². The second-order valence-electron chi connectivity index (χ2n) is 5.41. The van der Waals surface area contributed by atoms with E-state index >= 15 is 0 Å². The number of hydrogen-bond acceptors (Lipinski definition) is 3. The first kappa shape index (κ1) is 16.6. The van der Waals surface area contributed by atoms with Gasteiger partial charge < -0.3 is 15.4 Å². The molecule has 1 aliphatic heterocycles. The number of nitrogens with one attached hydrogen (secondary N) is 2. The monoisotopic (exact) mass is 320 g/mol. The molecule has 118 valence electrons. The summed E-state index contributed by atoms with van der Waals surface area (Å²) in [4.78, 5) is 12.0. The molecule has 1 aliphatic rings. The number of methoxy groups -OCH3 is 1. The van der Waals surface area contributed by atoms with Crippen LogP contribution in [0.2, 0.25) is 0 Å². The van der Waals surface area contributed by atoms with Crippen LogP contribution in [0, 0.1) is 0 Å². The summed E-state index contributed by atoms with van der Waals surface area (Å²) in [7, 11) is 1.67. The Balaban J connectivity index is 0.00000176. The number of rotatable bonds is 4. The second kappa shape index (κ2) is 7.47. The molecule has 0 radical (unpaired) electrons. The van der Waals surface area contributed by atoms with Gasteiger partial charge in [0.2, 0.25) is 5.91 Å². The molecule has 5 heteroatoms. The van der Waals surface area contributed by atoms with Gasteiger partial charge in [-0.15, -0.1) is 12.4 Å². The summed E-state index contributed by atoms with van der Waals surface area (Å²) in [5.41, 5.74) is 1.11. The highest BCUT2D eigenvalue weighted by atomic mass is 35.5. The van der Waals surface area contributed by atoms with Gasteiger partial charge in [0, 0.05) is 6.54 Å². The van der Waals surface area contributed by atoms with Crippen molar-refractivity contribution in [3.63, 3.8) is 0 Å². The smallest absolute Gasteiger partial charge is 0.237 e. The summed E-state index contributed by atoms with van der Waals surface area (Å²) < 4.78 is 5.22. The average Bonchev–Trinajstić information content (AvgIpc) is 3.06. The summed E-state index contributed by atoms with van der Waals surface area (Å²) in [6.45, 7) is 1.51. The molecule has 0 saturated carbocycles. The zero-order valence-corrected chi connectivity index (χ0v) is 13.4. The fraction of sp³-hybridized carbons (Fsp3) is 0.353. The first-order valence-electron chi connectivity index (χ1n) is 7.34. The largest absolute Gasteiger partial charge is 0.497 e. The number of ether oxygens (including phenoxy) is 1. The van der Waals surface area contributed by atoms with E-state index < -0.39 is 0 Å². The van der Waals surface area contributed by atoms with Crippen LogP contribution >= 0.6 is 12.4 Å². The number of amides is 1. The van der Waals surface area contributed by atoms with Crippen LogP contribution in [0.4, 0.5) is 0 Å². The van der Waals surface area contributed by atoms with Crippen molar-refractivity contribution in [2.45, 2.75) is 25.4 Å². The van der Waals surface area contributed by atoms with Crippen LogP contribution in [0.3, 0.4) is 0 Å². The van der Waals surface area contributed by atoms with E-state index in [4.69, 9.17) is 4.74 Å². The van der Waals surface area contributed by atoms with Gasteiger partial charge in [-0.3, -0.25) is 4.79 Å². The number of carbonyl (C=O) groups is 1. The molecule has 2 aromatic rings. The lowest BCUT2D eigenvalue weighted by atomic mass is 10.1. The van der Waals surface area contributed by atoms with Crippen LogP contribution < -0.4 is 15.4 Å². The maximum atomic E-state index is 12.0. The fourth-order valence-corrected chi connectivity index (χ4v) is 2.73. The number of carbonyl (C=O) groups excluding carboxylic acids is 1. The lowest BCUT2D eigenvalue weighted by Gasteiger charge is -2.11. The lowest BCUT2D eigenvalue weighted by molar-refractivity contribution is -0.122. The van der Waals surface area contributed by atoms with Gasteiger partial charge in [0.25, 0.3) is 0 Å². The summed E-state index contributed by atoms with van der Waals surface area (Å²) in [5, 5.41) is 8.51. The molecule has 0 aliphatic carbocycles. The van der Waals surface area contributed by atoms with Crippen molar-refractivity contribution < 1.29 is 9.53 Å². The summed E-state index contributed by atoms with van der Waals surface area (Å²) >= 11 is 0. The minimum Gasteiger partial charge on any atom is -0.497 e. The third kappa shape index (κ3) is 3.70. The van der Waals surface area contributed by atoms with Gasteiger partial charge in [0.05, 0.1) is 13.2 Å². The number of benzene rings is 2. The molecule has 3 rings (SSSR count). The Kier molecular flexibility index (Phi) is 5.63. The van der Waals surface area contributed by atoms with Gasteiger partial charge in [-0.05, 0) is 53.9 Å². The number of fused-ring (bicyclic) bond motifs is 1. The van der Waals surface area contributed by atoms with Crippen molar-refractivity contribution in [1.82, 2.24) is 10.6 Å². The Morgan fingerprint density at radius 2 is 2.05 bits per heavy atom. The third-order valence-corrected chi connectivity index (χ3v) is 3.96. The van der Waals surface area contributed by atoms with Gasteiger partial charge in [-0.25, -0.2) is 0 Å². The molecular weight excluding hydrogens is 300 g/mol. The highest BCUT2D eigenvalue weighted by Gasteiger charge is 2.21. The molecule has 1 heterocycles. The highest BCUT2D eigenvalue weighted by molar-refractivity contribution is 5.85. The first-order chi connectivity index (χ1) is 10.3. The molecule has 1 atom stereocenters. The van der Waals surface area contributed by atoms with Crippen LogP contribution in [0.1, 0.15) is 18.4 Å². The van der Waals surface area contributed by atoms with Gasteiger partial charge in [0.1, 0.15) is 5.75 Å². The van der Waals surface area contributed by atoms with Crippen molar-refractivity contribution in [1.29, 1.82) is 0 Å². The minimum atomic E-state index is -0.0188. The Labute approximate surface area is 136 Å². The van der Waals surface area contributed by atoms with E-state index in [0.717, 1.165) is 41.5 Å². The molecule has 0 spiro atoms. The summed E-state index contributed by atoms with van der Waals surface area (Å²) in [6, 6.07) is 12.2. The van der Waals surface area contributed by atoms with Gasteiger partial charge >= 0.3 is 0 Å². The van der Waals surface area contributed by atoms with Crippen LogP contribution in [0.25, 0.3) is 10.8 Å². The molecule has 1 fully saturated rings. The Hall–Kier alpha value is -1.78. The van der Waals surface area contributed by atoms with Crippen LogP contribution in [-0.2, 0) is 11.3 Å². The quantitative estimate of drug-likeness (QED) is 0.910. The number of halogens is 1. The van der Waals surface area contributed by atoms with Crippen LogP contribution in [0.5, 0.6) is 5.75 Å². The molecule has 2 N–H and O–H groups in total. The van der Waals surface area contributed by atoms with Crippen LogP contribution in [-0.4, -0.2) is 25.6 Å². The molecule has 4 nitrogen and oxygen atoms in total. The molecule has 1 amide bonds. The average molecular weight is 321 g/mol. The Morgan fingerprint density at radius 1 is 1.27 bits per heavy atom. The van der Waals surface area contributed by atoms with E-state index in [1.54, 1.807) is 7.11 Å². The fourth-order valence-electron chi connectivity index (χ4n) is 2.73. The summed E-state index contributed by atoms with van der Waals surface area (Å²) in [6.07, 6.45) is 2.01. The van der Waals surface area contributed by atoms with Crippen molar-refractivity contribution in [3.8, 4) is 5.75 Å². The lowest BCUT2D eigenvalue weighted by Crippen LogP contribution is -2.39. The minimum absolute atomic E-state index is 0. The highest BCUT2D eigenvalue weighted by Crippen LogP contribution is 2.21. The Morgan fingerprint density at radius 3 is 2.77 bits per heavy atom. The molecule has 0 bridgehead atoms. The van der Waals surface area contributed by atoms with Crippen molar-refractivity contribution in [3.05, 3.63) is 42.0 Å². The van der Waals surface area contributed by atoms with E-state index in [0.29, 0.717) is 6.54 Å². The standard InChI is InChI=1S/C17H20N2O2.ClH/c1-21-15-7-6-13-9-12(4-5-14(13)10-15)11-19-17(20)16-3-2-8-18-16;/h4-7,9-10,16,18H,2-3,8,11H2,1H3,(H,19,20);1H/t16-;/m0./s1. The first-order valence-corrected chi connectivity index (χ1v) is 7.34. The topological polar surface area (TPSA) is 50.4 Å².